The summed E-state index contributed by atoms with van der Waals surface area (Å²) in [5.41, 5.74) is 0. The molecule has 1 atom stereocenters. The molecule has 2 amide bonds. The monoisotopic (exact) mass is 256 g/mol. The summed E-state index contributed by atoms with van der Waals surface area (Å²) in [6.07, 6.45) is 0. The molecule has 6 heteroatoms. The fourth-order valence-corrected chi connectivity index (χ4v) is 1.93. The molecule has 0 aromatic carbocycles. The number of amides is 2. The molecule has 0 aliphatic rings. The van der Waals surface area contributed by atoms with E-state index < -0.39 is 18.0 Å². The van der Waals surface area contributed by atoms with Gasteiger partial charge in [-0.2, -0.15) is 0 Å². The van der Waals surface area contributed by atoms with E-state index in [-0.39, 0.29) is 5.92 Å². The quantitative estimate of drug-likeness (QED) is 0.749. The van der Waals surface area contributed by atoms with E-state index in [9.17, 15) is 9.59 Å². The summed E-state index contributed by atoms with van der Waals surface area (Å²) in [7, 11) is 0. The normalized spacial score (nSPS) is 12.2. The lowest BCUT2D eigenvalue weighted by molar-refractivity contribution is -0.140. The predicted octanol–water partition coefficient (Wildman–Crippen LogP) is 1.66. The number of carbonyl (C=O) groups excluding carboxylic acids is 1. The number of urea groups is 1. The molecule has 1 heterocycles. The first-order chi connectivity index (χ1) is 8.00. The lowest BCUT2D eigenvalue weighted by Crippen LogP contribution is -2.48. The molecule has 0 saturated carbocycles. The molecule has 0 radical (unpaired) electrons. The maximum Gasteiger partial charge on any atom is 0.326 e. The highest BCUT2D eigenvalue weighted by Crippen LogP contribution is 2.07. The van der Waals surface area contributed by atoms with Gasteiger partial charge in [-0.25, -0.2) is 9.59 Å². The standard InChI is InChI=1S/C11H16N2O3S/c1-7(2)9(10(14)15)13-11(16)12-6-8-4-3-5-17-8/h3-5,7,9H,6H2,1-2H3,(H,14,15)(H2,12,13,16)/t9-/m1/s1. The highest BCUT2D eigenvalue weighted by atomic mass is 32.1. The number of hydrogen-bond donors (Lipinski definition) is 3. The molecule has 94 valence electrons. The van der Waals surface area contributed by atoms with Crippen molar-refractivity contribution in [3.05, 3.63) is 22.4 Å². The second-order valence-electron chi connectivity index (χ2n) is 3.97. The molecule has 0 aliphatic heterocycles. The zero-order chi connectivity index (χ0) is 12.8. The van der Waals surface area contributed by atoms with Crippen molar-refractivity contribution in [2.75, 3.05) is 0 Å². The minimum absolute atomic E-state index is 0.153. The maximum atomic E-state index is 11.5. The number of aliphatic carboxylic acids is 1. The molecule has 17 heavy (non-hydrogen) atoms. The Bertz CT molecular complexity index is 376. The van der Waals surface area contributed by atoms with Gasteiger partial charge < -0.3 is 15.7 Å². The van der Waals surface area contributed by atoms with Gasteiger partial charge in [0.05, 0.1) is 6.54 Å². The third-order valence-electron chi connectivity index (χ3n) is 2.22. The largest absolute Gasteiger partial charge is 0.480 e. The van der Waals surface area contributed by atoms with E-state index in [0.717, 1.165) is 4.88 Å². The average molecular weight is 256 g/mol. The molecule has 3 N–H and O–H groups in total. The Morgan fingerprint density at radius 1 is 1.47 bits per heavy atom. The Kier molecular flexibility index (Phi) is 4.96. The number of carboxylic acid groups (broad SMARTS) is 1. The van der Waals surface area contributed by atoms with Crippen molar-refractivity contribution in [3.63, 3.8) is 0 Å². The summed E-state index contributed by atoms with van der Waals surface area (Å²) in [5.74, 6) is -1.17. The lowest BCUT2D eigenvalue weighted by Gasteiger charge is -2.18. The Balaban J connectivity index is 2.40. The number of rotatable bonds is 5. The molecule has 1 rings (SSSR count). The fourth-order valence-electron chi connectivity index (χ4n) is 1.29. The van der Waals surface area contributed by atoms with Crippen molar-refractivity contribution in [1.82, 2.24) is 10.6 Å². The van der Waals surface area contributed by atoms with Crippen LogP contribution < -0.4 is 10.6 Å². The molecule has 1 aromatic heterocycles. The van der Waals surface area contributed by atoms with Crippen molar-refractivity contribution < 1.29 is 14.7 Å². The minimum Gasteiger partial charge on any atom is -0.480 e. The third-order valence-corrected chi connectivity index (χ3v) is 3.10. The van der Waals surface area contributed by atoms with Crippen LogP contribution in [-0.2, 0) is 11.3 Å². The number of nitrogens with one attached hydrogen (secondary N) is 2. The Morgan fingerprint density at radius 2 is 2.18 bits per heavy atom. The zero-order valence-electron chi connectivity index (χ0n) is 9.77. The van der Waals surface area contributed by atoms with Crippen LogP contribution in [0, 0.1) is 5.92 Å². The van der Waals surface area contributed by atoms with Crippen LogP contribution in [0.15, 0.2) is 17.5 Å². The molecule has 0 unspecified atom stereocenters. The molecular formula is C11H16N2O3S. The first-order valence-electron chi connectivity index (χ1n) is 5.30. The van der Waals surface area contributed by atoms with Crippen molar-refractivity contribution in [3.8, 4) is 0 Å². The van der Waals surface area contributed by atoms with E-state index in [4.69, 9.17) is 5.11 Å². The van der Waals surface area contributed by atoms with Crippen molar-refractivity contribution >= 4 is 23.3 Å². The smallest absolute Gasteiger partial charge is 0.326 e. The second-order valence-corrected chi connectivity index (χ2v) is 5.00. The van der Waals surface area contributed by atoms with E-state index >= 15 is 0 Å². The van der Waals surface area contributed by atoms with Crippen molar-refractivity contribution in [2.45, 2.75) is 26.4 Å². The van der Waals surface area contributed by atoms with Gasteiger partial charge in [-0.3, -0.25) is 0 Å². The SMILES string of the molecule is CC(C)[C@@H](NC(=O)NCc1cccs1)C(=O)O. The summed E-state index contributed by atoms with van der Waals surface area (Å²) >= 11 is 1.54. The van der Waals surface area contributed by atoms with Gasteiger partial charge in [-0.15, -0.1) is 11.3 Å². The number of hydrogen-bond acceptors (Lipinski definition) is 3. The van der Waals surface area contributed by atoms with Gasteiger partial charge >= 0.3 is 12.0 Å². The molecule has 0 spiro atoms. The summed E-state index contributed by atoms with van der Waals surface area (Å²) in [5, 5.41) is 15.9. The van der Waals surface area contributed by atoms with Crippen LogP contribution >= 0.6 is 11.3 Å². The molecule has 0 saturated heterocycles. The molecule has 5 nitrogen and oxygen atoms in total. The summed E-state index contributed by atoms with van der Waals surface area (Å²) in [4.78, 5) is 23.4. The van der Waals surface area contributed by atoms with Gasteiger partial charge in [-0.1, -0.05) is 19.9 Å². The summed E-state index contributed by atoms with van der Waals surface area (Å²) < 4.78 is 0. The Labute approximate surface area is 104 Å². The van der Waals surface area contributed by atoms with E-state index in [1.165, 1.54) is 11.3 Å². The lowest BCUT2D eigenvalue weighted by atomic mass is 10.1. The minimum atomic E-state index is -1.02. The topological polar surface area (TPSA) is 78.4 Å². The third kappa shape index (κ3) is 4.44. The Hall–Kier alpha value is -1.56. The van der Waals surface area contributed by atoms with Crippen LogP contribution in [0.5, 0.6) is 0 Å². The van der Waals surface area contributed by atoms with Crippen molar-refractivity contribution in [1.29, 1.82) is 0 Å². The molecular weight excluding hydrogens is 240 g/mol. The second kappa shape index (κ2) is 6.24. The molecule has 0 fully saturated rings. The average Bonchev–Trinajstić information content (AvgIpc) is 2.74. The highest BCUT2D eigenvalue weighted by Gasteiger charge is 2.23. The van der Waals surface area contributed by atoms with Gasteiger partial charge in [0.1, 0.15) is 6.04 Å². The first-order valence-corrected chi connectivity index (χ1v) is 6.18. The molecule has 0 aliphatic carbocycles. The number of carbonyl (C=O) groups is 2. The maximum absolute atomic E-state index is 11.5. The summed E-state index contributed by atoms with van der Waals surface area (Å²) in [6.45, 7) is 3.91. The number of thiophene rings is 1. The fraction of sp³-hybridized carbons (Fsp3) is 0.455. The van der Waals surface area contributed by atoms with E-state index in [0.29, 0.717) is 6.54 Å². The van der Waals surface area contributed by atoms with Crippen LogP contribution in [0.1, 0.15) is 18.7 Å². The van der Waals surface area contributed by atoms with E-state index in [1.807, 2.05) is 17.5 Å². The van der Waals surface area contributed by atoms with Crippen molar-refractivity contribution in [2.24, 2.45) is 5.92 Å². The van der Waals surface area contributed by atoms with Gasteiger partial charge in [0.25, 0.3) is 0 Å². The Morgan fingerprint density at radius 3 is 2.65 bits per heavy atom. The van der Waals surface area contributed by atoms with E-state index in [1.54, 1.807) is 13.8 Å². The highest BCUT2D eigenvalue weighted by molar-refractivity contribution is 7.09. The van der Waals surface area contributed by atoms with Gasteiger partial charge in [0.2, 0.25) is 0 Å². The van der Waals surface area contributed by atoms with Crippen LogP contribution in [0.3, 0.4) is 0 Å². The molecule has 1 aromatic rings. The first kappa shape index (κ1) is 13.5. The zero-order valence-corrected chi connectivity index (χ0v) is 10.6. The van der Waals surface area contributed by atoms with Crippen LogP contribution in [0.2, 0.25) is 0 Å². The van der Waals surface area contributed by atoms with Gasteiger partial charge in [0.15, 0.2) is 0 Å². The van der Waals surface area contributed by atoms with Crippen LogP contribution in [-0.4, -0.2) is 23.1 Å². The summed E-state index contributed by atoms with van der Waals surface area (Å²) in [6, 6.07) is 2.48. The van der Waals surface area contributed by atoms with Gasteiger partial charge in [-0.05, 0) is 17.4 Å². The molecule has 0 bridgehead atoms. The predicted molar refractivity (Wildman–Crippen MR) is 66.0 cm³/mol. The van der Waals surface area contributed by atoms with Crippen LogP contribution in [0.25, 0.3) is 0 Å². The number of carboxylic acids is 1. The van der Waals surface area contributed by atoms with Gasteiger partial charge in [0, 0.05) is 4.88 Å². The van der Waals surface area contributed by atoms with E-state index in [2.05, 4.69) is 10.6 Å². The van der Waals surface area contributed by atoms with Crippen LogP contribution in [0.4, 0.5) is 4.79 Å².